The van der Waals surface area contributed by atoms with Crippen molar-refractivity contribution in [3.8, 4) is 0 Å². The molecule has 1 saturated heterocycles. The van der Waals surface area contributed by atoms with Crippen LogP contribution in [0.25, 0.3) is 0 Å². The Morgan fingerprint density at radius 3 is 3.12 bits per heavy atom. The van der Waals surface area contributed by atoms with Gasteiger partial charge in [-0.25, -0.2) is 4.39 Å². The van der Waals surface area contributed by atoms with Crippen LogP contribution in [0.3, 0.4) is 0 Å². The summed E-state index contributed by atoms with van der Waals surface area (Å²) < 4.78 is 13.3. The van der Waals surface area contributed by atoms with E-state index in [-0.39, 0.29) is 17.6 Å². The van der Waals surface area contributed by atoms with Gasteiger partial charge in [-0.3, -0.25) is 9.69 Å². The highest BCUT2D eigenvalue weighted by Crippen LogP contribution is 2.19. The van der Waals surface area contributed by atoms with Crippen molar-refractivity contribution in [1.82, 2.24) is 15.5 Å². The molecule has 2 aliphatic rings. The van der Waals surface area contributed by atoms with Crippen LogP contribution in [0.15, 0.2) is 35.9 Å². The van der Waals surface area contributed by atoms with Gasteiger partial charge in [0.15, 0.2) is 0 Å². The van der Waals surface area contributed by atoms with Gasteiger partial charge in [0.25, 0.3) is 0 Å². The number of benzene rings is 1. The molecule has 130 valence electrons. The summed E-state index contributed by atoms with van der Waals surface area (Å²) in [7, 11) is 0. The molecule has 1 fully saturated rings. The minimum absolute atomic E-state index is 0.0367. The maximum Gasteiger partial charge on any atom is 0.224 e. The van der Waals surface area contributed by atoms with Crippen LogP contribution in [0.4, 0.5) is 4.39 Å². The lowest BCUT2D eigenvalue weighted by Crippen LogP contribution is -2.43. The zero-order chi connectivity index (χ0) is 16.8. The number of hydrogen-bond donors (Lipinski definition) is 2. The maximum absolute atomic E-state index is 13.3. The predicted octanol–water partition coefficient (Wildman–Crippen LogP) is 2.07. The number of carbonyl (C=O) groups excluding carboxylic acids is 1. The first-order valence-electron chi connectivity index (χ1n) is 8.84. The summed E-state index contributed by atoms with van der Waals surface area (Å²) in [6.07, 6.45) is 5.13. The van der Waals surface area contributed by atoms with Crippen molar-refractivity contribution in [2.45, 2.75) is 25.8 Å². The number of rotatable bonds is 5. The first-order valence-corrected chi connectivity index (χ1v) is 8.84. The summed E-state index contributed by atoms with van der Waals surface area (Å²) in [5.41, 5.74) is 2.28. The third-order valence-corrected chi connectivity index (χ3v) is 4.82. The third kappa shape index (κ3) is 4.89. The Hall–Kier alpha value is -1.72. The van der Waals surface area contributed by atoms with Crippen molar-refractivity contribution in [2.24, 2.45) is 5.92 Å². The number of halogens is 1. The average Bonchev–Trinajstić information content (AvgIpc) is 2.61. The minimum atomic E-state index is -0.200. The summed E-state index contributed by atoms with van der Waals surface area (Å²) in [6, 6.07) is 6.72. The molecule has 0 saturated carbocycles. The number of likely N-dealkylation sites (tertiary alicyclic amines) is 1. The summed E-state index contributed by atoms with van der Waals surface area (Å²) in [5.74, 6) is -0.0120. The summed E-state index contributed by atoms with van der Waals surface area (Å²) >= 11 is 0. The van der Waals surface area contributed by atoms with Gasteiger partial charge in [-0.1, -0.05) is 23.8 Å². The Bertz CT molecular complexity index is 602. The second kappa shape index (κ2) is 8.40. The van der Waals surface area contributed by atoms with Gasteiger partial charge in [0.2, 0.25) is 5.91 Å². The van der Waals surface area contributed by atoms with E-state index in [9.17, 15) is 9.18 Å². The normalized spacial score (nSPS) is 22.0. The van der Waals surface area contributed by atoms with Gasteiger partial charge in [-0.05, 0) is 50.0 Å². The monoisotopic (exact) mass is 331 g/mol. The van der Waals surface area contributed by atoms with E-state index in [4.69, 9.17) is 0 Å². The fourth-order valence-corrected chi connectivity index (χ4v) is 3.48. The summed E-state index contributed by atoms with van der Waals surface area (Å²) in [4.78, 5) is 14.7. The molecule has 0 spiro atoms. The SMILES string of the molecule is O=C(NCC1=CCNCC1)C1CCCN(Cc2cccc(F)c2)C1. The molecule has 1 amide bonds. The molecule has 0 aliphatic carbocycles. The summed E-state index contributed by atoms with van der Waals surface area (Å²) in [6.45, 7) is 4.99. The molecular weight excluding hydrogens is 305 g/mol. The standard InChI is InChI=1S/C19H26FN3O/c20-18-5-1-3-16(11-18)13-23-10-2-4-17(14-23)19(24)22-12-15-6-8-21-9-7-15/h1,3,5-6,11,17,21H,2,4,7-10,12-14H2,(H,22,24). The Labute approximate surface area is 143 Å². The van der Waals surface area contributed by atoms with Crippen molar-refractivity contribution < 1.29 is 9.18 Å². The van der Waals surface area contributed by atoms with E-state index < -0.39 is 0 Å². The van der Waals surface area contributed by atoms with Gasteiger partial charge in [-0.2, -0.15) is 0 Å². The molecule has 1 aromatic rings. The second-order valence-corrected chi connectivity index (χ2v) is 6.74. The van der Waals surface area contributed by atoms with E-state index in [0.717, 1.165) is 51.0 Å². The van der Waals surface area contributed by atoms with Crippen LogP contribution in [-0.4, -0.2) is 43.5 Å². The largest absolute Gasteiger partial charge is 0.352 e. The molecule has 1 atom stereocenters. The minimum Gasteiger partial charge on any atom is -0.352 e. The zero-order valence-corrected chi connectivity index (χ0v) is 14.1. The van der Waals surface area contributed by atoms with Gasteiger partial charge in [0.05, 0.1) is 5.92 Å². The van der Waals surface area contributed by atoms with E-state index in [0.29, 0.717) is 13.1 Å². The fourth-order valence-electron chi connectivity index (χ4n) is 3.48. The maximum atomic E-state index is 13.3. The number of nitrogens with one attached hydrogen (secondary N) is 2. The Morgan fingerprint density at radius 1 is 1.42 bits per heavy atom. The molecular formula is C19H26FN3O. The number of carbonyl (C=O) groups is 1. The first-order chi connectivity index (χ1) is 11.7. The van der Waals surface area contributed by atoms with Crippen molar-refractivity contribution in [2.75, 3.05) is 32.7 Å². The number of amides is 1. The Morgan fingerprint density at radius 2 is 2.33 bits per heavy atom. The number of piperidine rings is 1. The topological polar surface area (TPSA) is 44.4 Å². The molecule has 0 bridgehead atoms. The fraction of sp³-hybridized carbons (Fsp3) is 0.526. The lowest BCUT2D eigenvalue weighted by atomic mass is 9.96. The van der Waals surface area contributed by atoms with Crippen LogP contribution in [0.1, 0.15) is 24.8 Å². The van der Waals surface area contributed by atoms with Gasteiger partial charge in [-0.15, -0.1) is 0 Å². The van der Waals surface area contributed by atoms with Gasteiger partial charge < -0.3 is 10.6 Å². The molecule has 4 nitrogen and oxygen atoms in total. The molecule has 2 aliphatic heterocycles. The van der Waals surface area contributed by atoms with Crippen LogP contribution in [0.5, 0.6) is 0 Å². The van der Waals surface area contributed by atoms with E-state index >= 15 is 0 Å². The van der Waals surface area contributed by atoms with E-state index in [2.05, 4.69) is 21.6 Å². The highest BCUT2D eigenvalue weighted by molar-refractivity contribution is 5.79. The van der Waals surface area contributed by atoms with Crippen LogP contribution < -0.4 is 10.6 Å². The highest BCUT2D eigenvalue weighted by atomic mass is 19.1. The van der Waals surface area contributed by atoms with Crippen LogP contribution in [-0.2, 0) is 11.3 Å². The lowest BCUT2D eigenvalue weighted by Gasteiger charge is -2.32. The molecule has 0 radical (unpaired) electrons. The van der Waals surface area contributed by atoms with Crippen molar-refractivity contribution >= 4 is 5.91 Å². The molecule has 2 N–H and O–H groups in total. The molecule has 5 heteroatoms. The van der Waals surface area contributed by atoms with E-state index in [1.807, 2.05) is 6.07 Å². The number of hydrogen-bond acceptors (Lipinski definition) is 3. The van der Waals surface area contributed by atoms with Gasteiger partial charge in [0.1, 0.15) is 5.82 Å². The molecule has 3 rings (SSSR count). The molecule has 2 heterocycles. The van der Waals surface area contributed by atoms with Gasteiger partial charge >= 0.3 is 0 Å². The first kappa shape index (κ1) is 17.1. The van der Waals surface area contributed by atoms with Crippen LogP contribution >= 0.6 is 0 Å². The van der Waals surface area contributed by atoms with Crippen LogP contribution in [0.2, 0.25) is 0 Å². The molecule has 1 unspecified atom stereocenters. The molecule has 0 aromatic heterocycles. The second-order valence-electron chi connectivity index (χ2n) is 6.74. The Balaban J connectivity index is 1.49. The zero-order valence-electron chi connectivity index (χ0n) is 14.1. The van der Waals surface area contributed by atoms with E-state index in [1.165, 1.54) is 11.6 Å². The highest BCUT2D eigenvalue weighted by Gasteiger charge is 2.25. The smallest absolute Gasteiger partial charge is 0.224 e. The van der Waals surface area contributed by atoms with E-state index in [1.54, 1.807) is 12.1 Å². The van der Waals surface area contributed by atoms with Crippen molar-refractivity contribution in [3.63, 3.8) is 0 Å². The van der Waals surface area contributed by atoms with Gasteiger partial charge in [0, 0.05) is 26.2 Å². The summed E-state index contributed by atoms with van der Waals surface area (Å²) in [5, 5.41) is 6.37. The predicted molar refractivity (Wildman–Crippen MR) is 93.0 cm³/mol. The average molecular weight is 331 g/mol. The number of nitrogens with zero attached hydrogens (tertiary/aromatic N) is 1. The van der Waals surface area contributed by atoms with Crippen LogP contribution in [0, 0.1) is 11.7 Å². The van der Waals surface area contributed by atoms with Crippen molar-refractivity contribution in [1.29, 1.82) is 0 Å². The van der Waals surface area contributed by atoms with Crippen molar-refractivity contribution in [3.05, 3.63) is 47.3 Å². The quantitative estimate of drug-likeness (QED) is 0.812. The molecule has 1 aromatic carbocycles. The Kier molecular flexibility index (Phi) is 5.99. The molecule has 24 heavy (non-hydrogen) atoms. The lowest BCUT2D eigenvalue weighted by molar-refractivity contribution is -0.126. The third-order valence-electron chi connectivity index (χ3n) is 4.82.